The molecule has 0 radical (unpaired) electrons. The number of hydrogen-bond donors (Lipinski definition) is 3. The van der Waals surface area contributed by atoms with E-state index < -0.39 is 24.0 Å². The maximum atomic E-state index is 11.9. The summed E-state index contributed by atoms with van der Waals surface area (Å²) in [6.07, 6.45) is 0.864. The zero-order chi connectivity index (χ0) is 20.9. The summed E-state index contributed by atoms with van der Waals surface area (Å²) in [6.45, 7) is 1.46. The van der Waals surface area contributed by atoms with Gasteiger partial charge in [-0.1, -0.05) is 60.7 Å². The molecule has 0 spiro atoms. The van der Waals surface area contributed by atoms with Crippen LogP contribution in [0.25, 0.3) is 0 Å². The summed E-state index contributed by atoms with van der Waals surface area (Å²) in [5, 5.41) is 3.13. The molecule has 2 aromatic rings. The summed E-state index contributed by atoms with van der Waals surface area (Å²) in [5.74, 6) is -0.867. The van der Waals surface area contributed by atoms with Crippen LogP contribution in [0.3, 0.4) is 0 Å². The van der Waals surface area contributed by atoms with Crippen LogP contribution in [0, 0.1) is 0 Å². The Morgan fingerprint density at radius 2 is 1.10 bits per heavy atom. The number of esters is 2. The summed E-state index contributed by atoms with van der Waals surface area (Å²) in [6, 6.07) is 17.5. The lowest BCUT2D eigenvalue weighted by Crippen LogP contribution is -2.38. The standard InChI is InChI=1S/C22H29N3O4/c23-19(21(26)28-15-17-7-3-1-4-8-17)11-13-25-14-12-20(24)22(27)29-16-18-9-5-2-6-10-18/h1-10,19-20,25H,11-16,23-24H2. The largest absolute Gasteiger partial charge is 0.460 e. The van der Waals surface area contributed by atoms with E-state index in [-0.39, 0.29) is 13.2 Å². The lowest BCUT2D eigenvalue weighted by atomic mass is 10.2. The molecule has 29 heavy (non-hydrogen) atoms. The predicted octanol–water partition coefficient (Wildman–Crippen LogP) is 1.50. The molecule has 0 amide bonds. The van der Waals surface area contributed by atoms with E-state index in [1.165, 1.54) is 0 Å². The molecule has 7 heteroatoms. The Morgan fingerprint density at radius 1 is 0.724 bits per heavy atom. The highest BCUT2D eigenvalue weighted by Gasteiger charge is 2.16. The molecule has 0 saturated heterocycles. The van der Waals surface area contributed by atoms with Crippen molar-refractivity contribution in [2.45, 2.75) is 38.1 Å². The van der Waals surface area contributed by atoms with Crippen LogP contribution in [0.2, 0.25) is 0 Å². The quantitative estimate of drug-likeness (QED) is 0.366. The molecule has 0 heterocycles. The second-order valence-electron chi connectivity index (χ2n) is 6.73. The van der Waals surface area contributed by atoms with E-state index in [2.05, 4.69) is 5.32 Å². The number of carbonyl (C=O) groups excluding carboxylic acids is 2. The van der Waals surface area contributed by atoms with Crippen molar-refractivity contribution in [2.75, 3.05) is 13.1 Å². The lowest BCUT2D eigenvalue weighted by Gasteiger charge is -2.14. The first-order valence-electron chi connectivity index (χ1n) is 9.69. The molecule has 7 nitrogen and oxygen atoms in total. The first-order valence-corrected chi connectivity index (χ1v) is 9.69. The van der Waals surface area contributed by atoms with Crippen LogP contribution < -0.4 is 16.8 Å². The molecule has 0 bridgehead atoms. The molecule has 0 saturated carbocycles. The molecule has 0 fully saturated rings. The van der Waals surface area contributed by atoms with Crippen molar-refractivity contribution in [1.82, 2.24) is 5.32 Å². The van der Waals surface area contributed by atoms with Gasteiger partial charge in [0.15, 0.2) is 0 Å². The van der Waals surface area contributed by atoms with Crippen LogP contribution in [0.15, 0.2) is 60.7 Å². The van der Waals surface area contributed by atoms with E-state index in [1.807, 2.05) is 60.7 Å². The van der Waals surface area contributed by atoms with Crippen molar-refractivity contribution in [3.63, 3.8) is 0 Å². The molecule has 0 aliphatic carbocycles. The molecule has 2 aromatic carbocycles. The first-order chi connectivity index (χ1) is 14.1. The van der Waals surface area contributed by atoms with E-state index in [0.29, 0.717) is 25.9 Å². The number of nitrogens with two attached hydrogens (primary N) is 2. The summed E-state index contributed by atoms with van der Waals surface area (Å²) in [7, 11) is 0. The van der Waals surface area contributed by atoms with Crippen molar-refractivity contribution < 1.29 is 19.1 Å². The summed E-state index contributed by atoms with van der Waals surface area (Å²) in [4.78, 5) is 23.8. The minimum Gasteiger partial charge on any atom is -0.460 e. The number of nitrogens with one attached hydrogen (secondary N) is 1. The third-order valence-electron chi connectivity index (χ3n) is 4.32. The average Bonchev–Trinajstić information content (AvgIpc) is 2.76. The third kappa shape index (κ3) is 8.87. The highest BCUT2D eigenvalue weighted by Crippen LogP contribution is 2.03. The maximum absolute atomic E-state index is 11.9. The fourth-order valence-electron chi connectivity index (χ4n) is 2.55. The van der Waals surface area contributed by atoms with E-state index in [9.17, 15) is 9.59 Å². The smallest absolute Gasteiger partial charge is 0.323 e. The zero-order valence-electron chi connectivity index (χ0n) is 16.5. The normalized spacial score (nSPS) is 12.8. The molecule has 2 rings (SSSR count). The number of hydrogen-bond acceptors (Lipinski definition) is 7. The fourth-order valence-corrected chi connectivity index (χ4v) is 2.55. The number of ether oxygens (including phenoxy) is 2. The van der Waals surface area contributed by atoms with Crippen molar-refractivity contribution in [1.29, 1.82) is 0 Å². The second kappa shape index (κ2) is 12.7. The van der Waals surface area contributed by atoms with Crippen LogP contribution in [0.5, 0.6) is 0 Å². The van der Waals surface area contributed by atoms with Crippen LogP contribution in [-0.4, -0.2) is 37.1 Å². The van der Waals surface area contributed by atoms with E-state index in [1.54, 1.807) is 0 Å². The second-order valence-corrected chi connectivity index (χ2v) is 6.73. The molecule has 2 atom stereocenters. The SMILES string of the molecule is NC(CCNCCC(N)C(=O)OCc1ccccc1)C(=O)OCc1ccccc1. The van der Waals surface area contributed by atoms with Gasteiger partial charge >= 0.3 is 11.9 Å². The van der Waals surface area contributed by atoms with E-state index >= 15 is 0 Å². The lowest BCUT2D eigenvalue weighted by molar-refractivity contribution is -0.147. The van der Waals surface area contributed by atoms with Gasteiger partial charge in [0.05, 0.1) is 0 Å². The maximum Gasteiger partial charge on any atom is 0.323 e. The molecular formula is C22H29N3O4. The number of rotatable bonds is 12. The van der Waals surface area contributed by atoms with Gasteiger partial charge in [0, 0.05) is 0 Å². The monoisotopic (exact) mass is 399 g/mol. The summed E-state index contributed by atoms with van der Waals surface area (Å²) < 4.78 is 10.4. The molecule has 0 aliphatic heterocycles. The average molecular weight is 399 g/mol. The molecule has 2 unspecified atom stereocenters. The molecule has 156 valence electrons. The van der Waals surface area contributed by atoms with Crippen molar-refractivity contribution >= 4 is 11.9 Å². The van der Waals surface area contributed by atoms with Gasteiger partial charge < -0.3 is 26.3 Å². The van der Waals surface area contributed by atoms with Gasteiger partial charge in [0.1, 0.15) is 25.3 Å². The van der Waals surface area contributed by atoms with Crippen molar-refractivity contribution in [3.8, 4) is 0 Å². The van der Waals surface area contributed by atoms with E-state index in [0.717, 1.165) is 11.1 Å². The molecular weight excluding hydrogens is 370 g/mol. The molecule has 0 aliphatic rings. The van der Waals surface area contributed by atoms with Crippen LogP contribution in [0.4, 0.5) is 0 Å². The predicted molar refractivity (Wildman–Crippen MR) is 111 cm³/mol. The molecule has 0 aromatic heterocycles. The Bertz CT molecular complexity index is 677. The zero-order valence-corrected chi connectivity index (χ0v) is 16.5. The topological polar surface area (TPSA) is 117 Å². The summed E-state index contributed by atoms with van der Waals surface area (Å²) in [5.41, 5.74) is 13.5. The van der Waals surface area contributed by atoms with Gasteiger partial charge in [0.25, 0.3) is 0 Å². The molecule has 5 N–H and O–H groups in total. The Hall–Kier alpha value is -2.74. The van der Waals surface area contributed by atoms with Crippen molar-refractivity contribution in [3.05, 3.63) is 71.8 Å². The van der Waals surface area contributed by atoms with Gasteiger partial charge in [-0.25, -0.2) is 0 Å². The van der Waals surface area contributed by atoms with Gasteiger partial charge in [-0.15, -0.1) is 0 Å². The fraction of sp³-hybridized carbons (Fsp3) is 0.364. The van der Waals surface area contributed by atoms with Gasteiger partial charge in [-0.3, -0.25) is 9.59 Å². The Kier molecular flexibility index (Phi) is 9.85. The minimum absolute atomic E-state index is 0.209. The van der Waals surface area contributed by atoms with Crippen LogP contribution in [0.1, 0.15) is 24.0 Å². The van der Waals surface area contributed by atoms with Crippen LogP contribution in [-0.2, 0) is 32.3 Å². The summed E-state index contributed by atoms with van der Waals surface area (Å²) >= 11 is 0. The van der Waals surface area contributed by atoms with Gasteiger partial charge in [-0.2, -0.15) is 0 Å². The van der Waals surface area contributed by atoms with Crippen LogP contribution >= 0.6 is 0 Å². The Balaban J connectivity index is 1.53. The van der Waals surface area contributed by atoms with Crippen molar-refractivity contribution in [2.24, 2.45) is 11.5 Å². The Morgan fingerprint density at radius 3 is 1.48 bits per heavy atom. The number of carbonyl (C=O) groups is 2. The number of benzene rings is 2. The minimum atomic E-state index is -0.698. The van der Waals surface area contributed by atoms with Gasteiger partial charge in [-0.05, 0) is 37.1 Å². The highest BCUT2D eigenvalue weighted by atomic mass is 16.5. The first kappa shape index (κ1) is 22.5. The third-order valence-corrected chi connectivity index (χ3v) is 4.32. The highest BCUT2D eigenvalue weighted by molar-refractivity contribution is 5.75. The van der Waals surface area contributed by atoms with E-state index in [4.69, 9.17) is 20.9 Å². The van der Waals surface area contributed by atoms with Gasteiger partial charge in [0.2, 0.25) is 0 Å². The Labute approximate surface area is 171 Å².